The van der Waals surface area contributed by atoms with Crippen molar-refractivity contribution >= 4 is 40.7 Å². The van der Waals surface area contributed by atoms with Gasteiger partial charge in [-0.05, 0) is 70.2 Å². The Morgan fingerprint density at radius 2 is 1.64 bits per heavy atom. The zero-order valence-electron chi connectivity index (χ0n) is 25.3. The number of rotatable bonds is 5. The maximum absolute atomic E-state index is 6.34. The van der Waals surface area contributed by atoms with E-state index in [0.29, 0.717) is 0 Å². The lowest BCUT2D eigenvalue weighted by Gasteiger charge is -2.28. The molecular weight excluding hydrogens is 548 g/mol. The molecule has 0 saturated heterocycles. The van der Waals surface area contributed by atoms with Gasteiger partial charge in [0.1, 0.15) is 0 Å². The highest BCUT2D eigenvalue weighted by Gasteiger charge is 2.26. The third-order valence-corrected chi connectivity index (χ3v) is 9.30. The van der Waals surface area contributed by atoms with E-state index in [2.05, 4.69) is 126 Å². The van der Waals surface area contributed by atoms with Gasteiger partial charge >= 0.3 is 0 Å². The molecule has 2 aliphatic heterocycles. The quantitative estimate of drug-likeness (QED) is 0.219. The maximum Gasteiger partial charge on any atom is 0.0768 e. The van der Waals surface area contributed by atoms with E-state index in [9.17, 15) is 0 Å². The molecule has 4 nitrogen and oxygen atoms in total. The molecule has 0 amide bonds. The summed E-state index contributed by atoms with van der Waals surface area (Å²) >= 11 is 0. The van der Waals surface area contributed by atoms with Gasteiger partial charge in [-0.3, -0.25) is 0 Å². The summed E-state index contributed by atoms with van der Waals surface area (Å²) in [5, 5.41) is 7.38. The van der Waals surface area contributed by atoms with Crippen molar-refractivity contribution in [2.75, 3.05) is 17.2 Å². The fourth-order valence-electron chi connectivity index (χ4n) is 7.04. The second-order valence-corrected chi connectivity index (χ2v) is 12.0. The van der Waals surface area contributed by atoms with E-state index in [4.69, 9.17) is 10.7 Å². The molecule has 1 aromatic heterocycles. The van der Waals surface area contributed by atoms with Gasteiger partial charge in [0.05, 0.1) is 28.8 Å². The Morgan fingerprint density at radius 3 is 2.44 bits per heavy atom. The second kappa shape index (κ2) is 11.6. The molecule has 0 radical (unpaired) electrons. The van der Waals surface area contributed by atoms with E-state index in [1.807, 2.05) is 6.07 Å². The van der Waals surface area contributed by atoms with Crippen LogP contribution in [-0.4, -0.2) is 11.5 Å². The van der Waals surface area contributed by atoms with Crippen LogP contribution < -0.4 is 16.4 Å². The number of nitrogens with two attached hydrogens (primary N) is 1. The van der Waals surface area contributed by atoms with E-state index < -0.39 is 0 Å². The number of nitrogens with zero attached hydrogens (tertiary/aromatic N) is 1. The van der Waals surface area contributed by atoms with E-state index in [1.54, 1.807) is 6.20 Å². The summed E-state index contributed by atoms with van der Waals surface area (Å²) in [4.78, 5) is 5.49. The van der Waals surface area contributed by atoms with Gasteiger partial charge in [-0.2, -0.15) is 0 Å². The molecule has 3 heterocycles. The Bertz CT molecular complexity index is 1970. The molecule has 4 aliphatic rings. The van der Waals surface area contributed by atoms with Crippen molar-refractivity contribution in [2.24, 2.45) is 5.73 Å². The second-order valence-electron chi connectivity index (χ2n) is 12.0. The number of nitrogens with one attached hydrogen (secondary N) is 2. The first kappa shape index (κ1) is 27.2. The van der Waals surface area contributed by atoms with E-state index in [1.165, 1.54) is 55.9 Å². The summed E-state index contributed by atoms with van der Waals surface area (Å²) in [5.41, 5.74) is 22.7. The number of fused-ring (bicyclic) bond motifs is 4. The normalized spacial score (nSPS) is 17.9. The van der Waals surface area contributed by atoms with Crippen LogP contribution in [-0.2, 0) is 6.42 Å². The highest BCUT2D eigenvalue weighted by molar-refractivity contribution is 5.92. The molecule has 4 heteroatoms. The number of aromatic nitrogens is 1. The smallest absolute Gasteiger partial charge is 0.0768 e. The molecular formula is C41H36N4. The van der Waals surface area contributed by atoms with Gasteiger partial charge < -0.3 is 16.4 Å². The van der Waals surface area contributed by atoms with Crippen molar-refractivity contribution in [1.82, 2.24) is 4.98 Å². The Labute approximate surface area is 265 Å². The zero-order valence-corrected chi connectivity index (χ0v) is 25.3. The number of hydrogen-bond donors (Lipinski definition) is 3. The Kier molecular flexibility index (Phi) is 7.03. The van der Waals surface area contributed by atoms with Crippen LogP contribution in [0.4, 0.5) is 11.4 Å². The SMILES string of the molecule is NC=C(c1ccccc1)c1nc(C2=CC=CCC2)c(-c2ccc(C3C=Cc4ccc5c(c4N3)NCC=C5)cc2)c2c1CCC=C2. The van der Waals surface area contributed by atoms with Gasteiger partial charge in [0.25, 0.3) is 0 Å². The molecule has 4 aromatic rings. The summed E-state index contributed by atoms with van der Waals surface area (Å²) in [6.07, 6.45) is 25.8. The van der Waals surface area contributed by atoms with Crippen molar-refractivity contribution < 1.29 is 0 Å². The Hall–Kier alpha value is -5.35. The van der Waals surface area contributed by atoms with Crippen LogP contribution in [0.25, 0.3) is 40.5 Å². The average Bonchev–Trinajstić information content (AvgIpc) is 3.12. The number of allylic oxidation sites excluding steroid dienone is 5. The molecule has 0 fully saturated rings. The van der Waals surface area contributed by atoms with Gasteiger partial charge in [0, 0.05) is 23.9 Å². The maximum atomic E-state index is 6.34. The van der Waals surface area contributed by atoms with Crippen LogP contribution in [0.15, 0.2) is 109 Å². The predicted octanol–water partition coefficient (Wildman–Crippen LogP) is 9.41. The number of pyridine rings is 1. The summed E-state index contributed by atoms with van der Waals surface area (Å²) in [6, 6.07) is 24.0. The third kappa shape index (κ3) is 4.93. The van der Waals surface area contributed by atoms with Gasteiger partial charge in [-0.1, -0.05) is 121 Å². The molecule has 0 spiro atoms. The van der Waals surface area contributed by atoms with Gasteiger partial charge in [-0.25, -0.2) is 4.98 Å². The van der Waals surface area contributed by atoms with E-state index >= 15 is 0 Å². The third-order valence-electron chi connectivity index (χ3n) is 9.30. The first-order chi connectivity index (χ1) is 22.3. The number of benzene rings is 3. The molecule has 8 rings (SSSR count). The highest BCUT2D eigenvalue weighted by atomic mass is 15.0. The lowest BCUT2D eigenvalue weighted by molar-refractivity contribution is 0.953. The minimum absolute atomic E-state index is 0.0915. The van der Waals surface area contributed by atoms with Gasteiger partial charge in [-0.15, -0.1) is 0 Å². The number of hydrogen-bond acceptors (Lipinski definition) is 4. The topological polar surface area (TPSA) is 63.0 Å². The van der Waals surface area contributed by atoms with Crippen LogP contribution in [0.3, 0.4) is 0 Å². The monoisotopic (exact) mass is 584 g/mol. The fourth-order valence-corrected chi connectivity index (χ4v) is 7.04. The molecule has 45 heavy (non-hydrogen) atoms. The minimum atomic E-state index is 0.0915. The molecule has 0 saturated carbocycles. The molecule has 1 atom stereocenters. The van der Waals surface area contributed by atoms with Crippen LogP contribution in [0.1, 0.15) is 70.1 Å². The Morgan fingerprint density at radius 1 is 0.822 bits per heavy atom. The van der Waals surface area contributed by atoms with E-state index in [0.717, 1.165) is 54.8 Å². The van der Waals surface area contributed by atoms with Crippen LogP contribution in [0.5, 0.6) is 0 Å². The van der Waals surface area contributed by atoms with E-state index in [-0.39, 0.29) is 6.04 Å². The van der Waals surface area contributed by atoms with Crippen molar-refractivity contribution in [3.63, 3.8) is 0 Å². The molecule has 0 bridgehead atoms. The molecule has 220 valence electrons. The first-order valence-corrected chi connectivity index (χ1v) is 16.0. The Balaban J connectivity index is 1.22. The summed E-state index contributed by atoms with van der Waals surface area (Å²) in [5.74, 6) is 0. The van der Waals surface area contributed by atoms with Crippen molar-refractivity contribution in [3.8, 4) is 11.1 Å². The number of anilines is 2. The van der Waals surface area contributed by atoms with Gasteiger partial charge in [0.15, 0.2) is 0 Å². The predicted molar refractivity (Wildman–Crippen MR) is 190 cm³/mol. The summed E-state index contributed by atoms with van der Waals surface area (Å²) in [7, 11) is 0. The summed E-state index contributed by atoms with van der Waals surface area (Å²) in [6.45, 7) is 0.849. The average molecular weight is 585 g/mol. The minimum Gasteiger partial charge on any atom is -0.404 e. The summed E-state index contributed by atoms with van der Waals surface area (Å²) < 4.78 is 0. The zero-order chi connectivity index (χ0) is 30.2. The van der Waals surface area contributed by atoms with Crippen molar-refractivity contribution in [2.45, 2.75) is 31.7 Å². The van der Waals surface area contributed by atoms with Crippen molar-refractivity contribution in [1.29, 1.82) is 0 Å². The molecule has 2 aliphatic carbocycles. The van der Waals surface area contributed by atoms with Crippen LogP contribution >= 0.6 is 0 Å². The lowest BCUT2D eigenvalue weighted by atomic mass is 9.83. The van der Waals surface area contributed by atoms with Gasteiger partial charge in [0.2, 0.25) is 0 Å². The van der Waals surface area contributed by atoms with Crippen molar-refractivity contribution in [3.05, 3.63) is 154 Å². The molecule has 3 aromatic carbocycles. The molecule has 1 unspecified atom stereocenters. The first-order valence-electron chi connectivity index (χ1n) is 16.0. The molecule has 4 N–H and O–H groups in total. The largest absolute Gasteiger partial charge is 0.404 e. The lowest BCUT2D eigenvalue weighted by Crippen LogP contribution is -2.16. The fraction of sp³-hybridized carbons (Fsp3) is 0.146. The van der Waals surface area contributed by atoms with Crippen LogP contribution in [0.2, 0.25) is 0 Å². The highest BCUT2D eigenvalue weighted by Crippen LogP contribution is 2.43. The van der Waals surface area contributed by atoms with Crippen LogP contribution in [0, 0.1) is 0 Å². The standard InChI is InChI=1S/C41H36N4/c42-26-35(27-10-3-1-4-11-27)41-34-16-8-7-15-33(34)37(38(45-41)30-12-5-2-6-13-30)29-19-17-28(18-20-29)36-24-23-32-22-21-31-14-9-25-43-39(31)40(32)44-36/h1-5,7,9-12,14-15,17-24,26,36,43-44H,6,8,13,16,25,42H2.